The summed E-state index contributed by atoms with van der Waals surface area (Å²) >= 11 is 0. The van der Waals surface area contributed by atoms with Gasteiger partial charge in [-0.1, -0.05) is 34.6 Å². The number of nitrogens with zero attached hydrogens (tertiary/aromatic N) is 3. The summed E-state index contributed by atoms with van der Waals surface area (Å²) in [7, 11) is 0. The SMILES string of the molecule is CCN1CN(CC)CN(CC)C1.CCNCC. The molecule has 0 aliphatic carbocycles. The molecule has 1 saturated heterocycles. The Morgan fingerprint density at radius 1 is 0.647 bits per heavy atom. The van der Waals surface area contributed by atoms with E-state index in [1.807, 2.05) is 0 Å². The third kappa shape index (κ3) is 7.71. The van der Waals surface area contributed by atoms with Gasteiger partial charge in [-0.3, -0.25) is 14.7 Å². The Bertz CT molecular complexity index is 132. The number of hydrogen-bond acceptors (Lipinski definition) is 4. The van der Waals surface area contributed by atoms with Crippen molar-refractivity contribution in [3.05, 3.63) is 0 Å². The molecule has 1 N–H and O–H groups in total. The van der Waals surface area contributed by atoms with Crippen LogP contribution in [0.15, 0.2) is 0 Å². The van der Waals surface area contributed by atoms with E-state index >= 15 is 0 Å². The van der Waals surface area contributed by atoms with Crippen molar-refractivity contribution in [1.29, 1.82) is 0 Å². The monoisotopic (exact) mass is 244 g/mol. The van der Waals surface area contributed by atoms with Crippen LogP contribution >= 0.6 is 0 Å². The van der Waals surface area contributed by atoms with Crippen LogP contribution in [-0.4, -0.2) is 67.4 Å². The van der Waals surface area contributed by atoms with Gasteiger partial charge in [0.1, 0.15) is 0 Å². The first-order valence-corrected chi connectivity index (χ1v) is 7.09. The molecule has 1 rings (SSSR count). The number of nitrogens with one attached hydrogen (secondary N) is 1. The van der Waals surface area contributed by atoms with Crippen molar-refractivity contribution >= 4 is 0 Å². The van der Waals surface area contributed by atoms with Gasteiger partial charge in [0.15, 0.2) is 0 Å². The Kier molecular flexibility index (Phi) is 10.9. The molecule has 0 atom stereocenters. The quantitative estimate of drug-likeness (QED) is 0.790. The molecule has 1 heterocycles. The van der Waals surface area contributed by atoms with Crippen LogP contribution in [0.5, 0.6) is 0 Å². The molecule has 0 spiro atoms. The second-order valence-corrected chi connectivity index (χ2v) is 4.34. The molecule has 1 fully saturated rings. The summed E-state index contributed by atoms with van der Waals surface area (Å²) in [6.45, 7) is 20.0. The van der Waals surface area contributed by atoms with Gasteiger partial charge in [-0.2, -0.15) is 0 Å². The Balaban J connectivity index is 0.000000437. The molecule has 0 aromatic carbocycles. The van der Waals surface area contributed by atoms with Gasteiger partial charge in [0.25, 0.3) is 0 Å². The third-order valence-corrected chi connectivity index (χ3v) is 3.04. The average Bonchev–Trinajstić information content (AvgIpc) is 2.39. The lowest BCUT2D eigenvalue weighted by atomic mass is 10.4. The van der Waals surface area contributed by atoms with Gasteiger partial charge in [-0.25, -0.2) is 0 Å². The summed E-state index contributed by atoms with van der Waals surface area (Å²) in [5.41, 5.74) is 0. The maximum absolute atomic E-state index is 3.11. The van der Waals surface area contributed by atoms with E-state index in [4.69, 9.17) is 0 Å². The summed E-state index contributed by atoms with van der Waals surface area (Å²) in [6, 6.07) is 0. The van der Waals surface area contributed by atoms with Crippen LogP contribution in [0.3, 0.4) is 0 Å². The predicted octanol–water partition coefficient (Wildman–Crippen LogP) is 1.45. The van der Waals surface area contributed by atoms with Crippen LogP contribution < -0.4 is 5.32 Å². The molecule has 0 aromatic rings. The molecule has 0 unspecified atom stereocenters. The summed E-state index contributed by atoms with van der Waals surface area (Å²) in [4.78, 5) is 7.41. The lowest BCUT2D eigenvalue weighted by Crippen LogP contribution is -2.54. The van der Waals surface area contributed by atoms with Crippen molar-refractivity contribution in [2.75, 3.05) is 52.7 Å². The zero-order valence-corrected chi connectivity index (χ0v) is 12.5. The predicted molar refractivity (Wildman–Crippen MR) is 76.0 cm³/mol. The van der Waals surface area contributed by atoms with E-state index in [0.29, 0.717) is 0 Å². The van der Waals surface area contributed by atoms with Crippen molar-refractivity contribution in [2.24, 2.45) is 0 Å². The lowest BCUT2D eigenvalue weighted by molar-refractivity contribution is -0.0212. The maximum atomic E-state index is 3.11. The van der Waals surface area contributed by atoms with Gasteiger partial charge in [0.05, 0.1) is 20.0 Å². The zero-order chi connectivity index (χ0) is 13.1. The first-order valence-electron chi connectivity index (χ1n) is 7.09. The molecule has 0 saturated carbocycles. The number of rotatable bonds is 5. The van der Waals surface area contributed by atoms with Gasteiger partial charge >= 0.3 is 0 Å². The molecule has 0 aromatic heterocycles. The van der Waals surface area contributed by atoms with E-state index in [0.717, 1.165) is 52.7 Å². The Morgan fingerprint density at radius 2 is 0.941 bits per heavy atom. The van der Waals surface area contributed by atoms with Crippen LogP contribution in [0.2, 0.25) is 0 Å². The smallest absolute Gasteiger partial charge is 0.0529 e. The Morgan fingerprint density at radius 3 is 1.06 bits per heavy atom. The molecular formula is C13H32N4. The van der Waals surface area contributed by atoms with Crippen molar-refractivity contribution in [3.8, 4) is 0 Å². The summed E-state index contributed by atoms with van der Waals surface area (Å²) in [5, 5.41) is 3.11. The Hall–Kier alpha value is -0.160. The zero-order valence-electron chi connectivity index (χ0n) is 12.5. The second-order valence-electron chi connectivity index (χ2n) is 4.34. The first kappa shape index (κ1) is 16.8. The fourth-order valence-electron chi connectivity index (χ4n) is 1.83. The minimum atomic E-state index is 1.09. The summed E-state index contributed by atoms with van der Waals surface area (Å²) < 4.78 is 0. The highest BCUT2D eigenvalue weighted by Crippen LogP contribution is 2.05. The largest absolute Gasteiger partial charge is 0.317 e. The molecule has 0 bridgehead atoms. The van der Waals surface area contributed by atoms with E-state index in [-0.39, 0.29) is 0 Å². The lowest BCUT2D eigenvalue weighted by Gasteiger charge is -2.41. The highest BCUT2D eigenvalue weighted by Gasteiger charge is 2.19. The van der Waals surface area contributed by atoms with Crippen LogP contribution in [-0.2, 0) is 0 Å². The van der Waals surface area contributed by atoms with Gasteiger partial charge < -0.3 is 5.32 Å². The standard InChI is InChI=1S/C9H21N3.C4H11N/c1-4-10-7-11(5-2)9-12(6-3)8-10;1-3-5-4-2/h4-9H2,1-3H3;5H,3-4H2,1-2H3. The normalized spacial score (nSPS) is 18.9. The van der Waals surface area contributed by atoms with E-state index in [1.54, 1.807) is 0 Å². The third-order valence-electron chi connectivity index (χ3n) is 3.04. The molecule has 1 aliphatic rings. The van der Waals surface area contributed by atoms with Crippen molar-refractivity contribution < 1.29 is 0 Å². The van der Waals surface area contributed by atoms with Gasteiger partial charge in [0, 0.05) is 0 Å². The molecule has 1 aliphatic heterocycles. The van der Waals surface area contributed by atoms with E-state index < -0.39 is 0 Å². The number of hydrogen-bond donors (Lipinski definition) is 1. The summed E-state index contributed by atoms with van der Waals surface area (Å²) in [5.74, 6) is 0. The minimum Gasteiger partial charge on any atom is -0.317 e. The van der Waals surface area contributed by atoms with E-state index in [1.165, 1.54) is 0 Å². The molecule has 4 nitrogen and oxygen atoms in total. The average molecular weight is 244 g/mol. The summed E-state index contributed by atoms with van der Waals surface area (Å²) in [6.07, 6.45) is 0. The topological polar surface area (TPSA) is 21.8 Å². The van der Waals surface area contributed by atoms with Crippen molar-refractivity contribution in [1.82, 2.24) is 20.0 Å². The van der Waals surface area contributed by atoms with Crippen LogP contribution in [0, 0.1) is 0 Å². The van der Waals surface area contributed by atoms with E-state index in [9.17, 15) is 0 Å². The Labute approximate surface area is 108 Å². The molecule has 0 amide bonds. The van der Waals surface area contributed by atoms with Crippen molar-refractivity contribution in [3.63, 3.8) is 0 Å². The van der Waals surface area contributed by atoms with Gasteiger partial charge in [-0.15, -0.1) is 0 Å². The highest BCUT2D eigenvalue weighted by atomic mass is 15.5. The minimum absolute atomic E-state index is 1.09. The van der Waals surface area contributed by atoms with E-state index in [2.05, 4.69) is 54.6 Å². The molecule has 4 heteroatoms. The highest BCUT2D eigenvalue weighted by molar-refractivity contribution is 4.66. The fourth-order valence-corrected chi connectivity index (χ4v) is 1.83. The second kappa shape index (κ2) is 11.0. The molecule has 0 radical (unpaired) electrons. The van der Waals surface area contributed by atoms with Crippen molar-refractivity contribution in [2.45, 2.75) is 34.6 Å². The fraction of sp³-hybridized carbons (Fsp3) is 1.00. The van der Waals surface area contributed by atoms with Crippen LogP contribution in [0.4, 0.5) is 0 Å². The molecular weight excluding hydrogens is 212 g/mol. The molecule has 104 valence electrons. The van der Waals surface area contributed by atoms with Gasteiger partial charge in [0.2, 0.25) is 0 Å². The first-order chi connectivity index (χ1) is 8.21. The van der Waals surface area contributed by atoms with Crippen LogP contribution in [0.1, 0.15) is 34.6 Å². The van der Waals surface area contributed by atoms with Crippen LogP contribution in [0.25, 0.3) is 0 Å². The maximum Gasteiger partial charge on any atom is 0.0529 e. The molecule has 17 heavy (non-hydrogen) atoms. The van der Waals surface area contributed by atoms with Gasteiger partial charge in [-0.05, 0) is 32.7 Å².